The number of ether oxygens (including phenoxy) is 1. The Morgan fingerprint density at radius 1 is 0.963 bits per heavy atom. The highest BCUT2D eigenvalue weighted by atomic mass is 16.5. The second-order valence-corrected chi connectivity index (χ2v) is 6.31. The first-order valence-electron chi connectivity index (χ1n) is 8.65. The minimum atomic E-state index is -0.366. The summed E-state index contributed by atoms with van der Waals surface area (Å²) < 4.78 is 10.8. The molecule has 4 rings (SSSR count). The van der Waals surface area contributed by atoms with Gasteiger partial charge in [-0.05, 0) is 48.4 Å². The van der Waals surface area contributed by atoms with Gasteiger partial charge in [-0.15, -0.1) is 0 Å². The monoisotopic (exact) mass is 362 g/mol. The summed E-state index contributed by atoms with van der Waals surface area (Å²) in [6.45, 7) is 0.428. The fourth-order valence-corrected chi connectivity index (χ4v) is 3.03. The van der Waals surface area contributed by atoms with Crippen molar-refractivity contribution in [2.75, 3.05) is 11.9 Å². The third kappa shape index (κ3) is 3.84. The van der Waals surface area contributed by atoms with Crippen molar-refractivity contribution in [1.29, 1.82) is 0 Å². The highest BCUT2D eigenvalue weighted by Crippen LogP contribution is 2.24. The van der Waals surface area contributed by atoms with E-state index >= 15 is 0 Å². The topological polar surface area (TPSA) is 80.6 Å². The Labute approximate surface area is 156 Å². The minimum Gasteiger partial charge on any atom is -0.491 e. The van der Waals surface area contributed by atoms with E-state index in [0.29, 0.717) is 17.9 Å². The van der Waals surface area contributed by atoms with E-state index in [1.165, 1.54) is 6.26 Å². The number of benzene rings is 2. The number of hydrogen-bond acceptors (Lipinski definition) is 4. The maximum Gasteiger partial charge on any atom is 0.291 e. The lowest BCUT2D eigenvalue weighted by Crippen LogP contribution is -2.42. The van der Waals surface area contributed by atoms with Crippen molar-refractivity contribution in [3.8, 4) is 5.75 Å². The number of amides is 2. The Morgan fingerprint density at radius 2 is 1.85 bits per heavy atom. The fraction of sp³-hybridized carbons (Fsp3) is 0.143. The average molecular weight is 362 g/mol. The molecule has 1 atom stereocenters. The molecule has 0 aliphatic carbocycles. The van der Waals surface area contributed by atoms with E-state index in [1.54, 1.807) is 36.4 Å². The molecule has 2 aromatic carbocycles. The Bertz CT molecular complexity index is 966. The number of furan rings is 1. The summed E-state index contributed by atoms with van der Waals surface area (Å²) in [4.78, 5) is 24.7. The molecule has 1 aliphatic rings. The molecule has 2 heterocycles. The molecule has 27 heavy (non-hydrogen) atoms. The second kappa shape index (κ2) is 7.37. The smallest absolute Gasteiger partial charge is 0.291 e. The zero-order chi connectivity index (χ0) is 18.6. The van der Waals surface area contributed by atoms with Crippen molar-refractivity contribution >= 4 is 17.5 Å². The van der Waals surface area contributed by atoms with Gasteiger partial charge >= 0.3 is 0 Å². The van der Waals surface area contributed by atoms with Gasteiger partial charge in [-0.1, -0.05) is 24.3 Å². The normalized spacial score (nSPS) is 15.3. The summed E-state index contributed by atoms with van der Waals surface area (Å²) in [6, 6.07) is 17.7. The van der Waals surface area contributed by atoms with E-state index in [4.69, 9.17) is 9.15 Å². The fourth-order valence-electron chi connectivity index (χ4n) is 3.03. The van der Waals surface area contributed by atoms with Crippen LogP contribution in [0, 0.1) is 0 Å². The molecule has 6 nitrogen and oxygen atoms in total. The Hall–Kier alpha value is -3.54. The van der Waals surface area contributed by atoms with E-state index < -0.39 is 0 Å². The summed E-state index contributed by atoms with van der Waals surface area (Å²) in [5, 5.41) is 5.71. The van der Waals surface area contributed by atoms with Crippen molar-refractivity contribution in [2.24, 2.45) is 0 Å². The number of rotatable bonds is 4. The van der Waals surface area contributed by atoms with Gasteiger partial charge in [-0.2, -0.15) is 0 Å². The van der Waals surface area contributed by atoms with Gasteiger partial charge in [0, 0.05) is 11.3 Å². The lowest BCUT2D eigenvalue weighted by molar-refractivity contribution is 0.0914. The minimum absolute atomic E-state index is 0.103. The molecule has 0 bridgehead atoms. The summed E-state index contributed by atoms with van der Waals surface area (Å²) in [6.07, 6.45) is 2.15. The Morgan fingerprint density at radius 3 is 2.70 bits per heavy atom. The van der Waals surface area contributed by atoms with Gasteiger partial charge in [0.2, 0.25) is 0 Å². The number of nitrogens with one attached hydrogen (secondary N) is 2. The van der Waals surface area contributed by atoms with Gasteiger partial charge in [0.05, 0.1) is 12.3 Å². The number of anilines is 1. The third-order valence-corrected chi connectivity index (χ3v) is 4.34. The molecular formula is C21H18N2O4. The van der Waals surface area contributed by atoms with Crippen LogP contribution in [0.3, 0.4) is 0 Å². The molecule has 1 aliphatic heterocycles. The summed E-state index contributed by atoms with van der Waals surface area (Å²) >= 11 is 0. The lowest BCUT2D eigenvalue weighted by Gasteiger charge is -2.26. The largest absolute Gasteiger partial charge is 0.491 e. The van der Waals surface area contributed by atoms with Crippen LogP contribution >= 0.6 is 0 Å². The van der Waals surface area contributed by atoms with E-state index in [1.807, 2.05) is 24.3 Å². The molecule has 2 amide bonds. The standard InChI is InChI=1S/C21H18N2O4/c24-20(23-17-11-14-5-1-2-8-18(14)27-13-17)15-6-3-7-16(12-15)22-21(25)19-9-4-10-26-19/h1-10,12,17H,11,13H2,(H,22,25)(H,23,24)/t17-/m1/s1. The van der Waals surface area contributed by atoms with Gasteiger partial charge in [0.15, 0.2) is 5.76 Å². The van der Waals surface area contributed by atoms with Crippen LogP contribution in [0.15, 0.2) is 71.3 Å². The van der Waals surface area contributed by atoms with Crippen LogP contribution in [0.2, 0.25) is 0 Å². The molecule has 136 valence electrons. The number of carbonyl (C=O) groups excluding carboxylic acids is 2. The van der Waals surface area contributed by atoms with Gasteiger partial charge in [-0.25, -0.2) is 0 Å². The van der Waals surface area contributed by atoms with Gasteiger partial charge in [0.1, 0.15) is 12.4 Å². The number of para-hydroxylation sites is 1. The van der Waals surface area contributed by atoms with Gasteiger partial charge in [-0.3, -0.25) is 9.59 Å². The highest BCUT2D eigenvalue weighted by Gasteiger charge is 2.21. The van der Waals surface area contributed by atoms with Crippen molar-refractivity contribution in [3.05, 3.63) is 83.8 Å². The molecule has 1 aromatic heterocycles. The molecule has 6 heteroatoms. The molecule has 0 fully saturated rings. The first-order chi connectivity index (χ1) is 13.2. The van der Waals surface area contributed by atoms with Crippen LogP contribution in [-0.4, -0.2) is 24.5 Å². The summed E-state index contributed by atoms with van der Waals surface area (Å²) in [5.41, 5.74) is 2.06. The van der Waals surface area contributed by atoms with Crippen molar-refractivity contribution in [2.45, 2.75) is 12.5 Å². The molecule has 0 unspecified atom stereocenters. The van der Waals surface area contributed by atoms with E-state index in [9.17, 15) is 9.59 Å². The number of carbonyl (C=O) groups is 2. The van der Waals surface area contributed by atoms with Crippen molar-refractivity contribution < 1.29 is 18.7 Å². The zero-order valence-electron chi connectivity index (χ0n) is 14.5. The molecule has 0 saturated carbocycles. The van der Waals surface area contributed by atoms with E-state index in [2.05, 4.69) is 10.6 Å². The van der Waals surface area contributed by atoms with Crippen molar-refractivity contribution in [3.63, 3.8) is 0 Å². The van der Waals surface area contributed by atoms with Crippen LogP contribution in [0.25, 0.3) is 0 Å². The van der Waals surface area contributed by atoms with Crippen molar-refractivity contribution in [1.82, 2.24) is 5.32 Å². The van der Waals surface area contributed by atoms with E-state index in [-0.39, 0.29) is 23.6 Å². The number of fused-ring (bicyclic) bond motifs is 1. The maximum absolute atomic E-state index is 12.6. The van der Waals surface area contributed by atoms with Crippen LogP contribution in [0.4, 0.5) is 5.69 Å². The summed E-state index contributed by atoms with van der Waals surface area (Å²) in [5.74, 6) is 0.500. The van der Waals surface area contributed by atoms with Crippen LogP contribution < -0.4 is 15.4 Å². The average Bonchev–Trinajstić information content (AvgIpc) is 3.23. The zero-order valence-corrected chi connectivity index (χ0v) is 14.5. The first-order valence-corrected chi connectivity index (χ1v) is 8.65. The lowest BCUT2D eigenvalue weighted by atomic mass is 10.0. The molecule has 0 spiro atoms. The van der Waals surface area contributed by atoms with Crippen LogP contribution in [-0.2, 0) is 6.42 Å². The maximum atomic E-state index is 12.6. The molecule has 3 aromatic rings. The third-order valence-electron chi connectivity index (χ3n) is 4.34. The molecule has 2 N–H and O–H groups in total. The quantitative estimate of drug-likeness (QED) is 0.746. The predicted molar refractivity (Wildman–Crippen MR) is 100.0 cm³/mol. The van der Waals surface area contributed by atoms with E-state index in [0.717, 1.165) is 17.7 Å². The molecular weight excluding hydrogens is 344 g/mol. The Kier molecular flexibility index (Phi) is 4.61. The van der Waals surface area contributed by atoms with Crippen LogP contribution in [0.5, 0.6) is 5.75 Å². The van der Waals surface area contributed by atoms with Crippen LogP contribution in [0.1, 0.15) is 26.5 Å². The number of hydrogen-bond donors (Lipinski definition) is 2. The second-order valence-electron chi connectivity index (χ2n) is 6.31. The summed E-state index contributed by atoms with van der Waals surface area (Å²) in [7, 11) is 0. The first kappa shape index (κ1) is 16.9. The Balaban J connectivity index is 1.41. The van der Waals surface area contributed by atoms with Gasteiger partial charge < -0.3 is 19.8 Å². The molecule has 0 radical (unpaired) electrons. The van der Waals surface area contributed by atoms with Gasteiger partial charge in [0.25, 0.3) is 11.8 Å². The SMILES string of the molecule is O=C(N[C@H]1COc2ccccc2C1)c1cccc(NC(=O)c2ccco2)c1. The predicted octanol–water partition coefficient (Wildman–Crippen LogP) is 3.27. The highest BCUT2D eigenvalue weighted by molar-refractivity contribution is 6.03. The molecule has 0 saturated heterocycles.